The Bertz CT molecular complexity index is 673. The number of thioether (sulfide) groups is 1. The van der Waals surface area contributed by atoms with Gasteiger partial charge in [-0.15, -0.1) is 0 Å². The highest BCUT2D eigenvalue weighted by Crippen LogP contribution is 2.28. The number of carboxylic acid groups (broad SMARTS) is 1. The van der Waals surface area contributed by atoms with Gasteiger partial charge in [0.15, 0.2) is 0 Å². The zero-order valence-corrected chi connectivity index (χ0v) is 11.7. The fourth-order valence-electron chi connectivity index (χ4n) is 1.76. The van der Waals surface area contributed by atoms with Crippen molar-refractivity contribution < 1.29 is 23.1 Å². The van der Waals surface area contributed by atoms with Crippen molar-refractivity contribution in [3.05, 3.63) is 41.3 Å². The first kappa shape index (κ1) is 15.4. The molecule has 0 bridgehead atoms. The van der Waals surface area contributed by atoms with Crippen molar-refractivity contribution in [3.63, 3.8) is 0 Å². The molecule has 1 heterocycles. The molecule has 0 unspecified atom stereocenters. The van der Waals surface area contributed by atoms with E-state index in [1.54, 1.807) is 6.92 Å². The van der Waals surface area contributed by atoms with Crippen LogP contribution in [0.15, 0.2) is 29.3 Å². The number of aryl methyl sites for hydroxylation is 1. The van der Waals surface area contributed by atoms with Crippen LogP contribution in [0, 0.1) is 12.7 Å². The number of benzene rings is 1. The molecule has 2 aromatic rings. The first-order valence-electron chi connectivity index (χ1n) is 5.87. The Balaban J connectivity index is 2.46. The molecule has 0 radical (unpaired) electrons. The number of rotatable bonds is 5. The standard InChI is InChI=1S/C13H11F3N2O2S/c1-7-4-8(14)2-3-10(7)18-11(21-6-12(19)20)5-9(17-18)13(15)16/h2-5,13H,6H2,1H3,(H,19,20). The summed E-state index contributed by atoms with van der Waals surface area (Å²) in [6, 6.07) is 5.00. The monoisotopic (exact) mass is 316 g/mol. The van der Waals surface area contributed by atoms with Crippen LogP contribution in [-0.2, 0) is 4.79 Å². The minimum Gasteiger partial charge on any atom is -0.481 e. The maximum Gasteiger partial charge on any atom is 0.313 e. The maximum atomic E-state index is 13.1. The number of alkyl halides is 2. The van der Waals surface area contributed by atoms with Crippen LogP contribution in [0.3, 0.4) is 0 Å². The molecule has 0 aliphatic carbocycles. The van der Waals surface area contributed by atoms with E-state index in [-0.39, 0.29) is 10.8 Å². The van der Waals surface area contributed by atoms with Crippen molar-refractivity contribution in [1.29, 1.82) is 0 Å². The van der Waals surface area contributed by atoms with Gasteiger partial charge in [-0.25, -0.2) is 17.9 Å². The Kier molecular flexibility index (Phi) is 4.56. The van der Waals surface area contributed by atoms with E-state index in [0.717, 1.165) is 17.8 Å². The fraction of sp³-hybridized carbons (Fsp3) is 0.231. The molecule has 0 saturated carbocycles. The van der Waals surface area contributed by atoms with Crippen LogP contribution >= 0.6 is 11.8 Å². The summed E-state index contributed by atoms with van der Waals surface area (Å²) in [5.74, 6) is -1.80. The minimum atomic E-state index is -2.77. The molecule has 1 aromatic heterocycles. The lowest BCUT2D eigenvalue weighted by Crippen LogP contribution is -2.04. The van der Waals surface area contributed by atoms with Crippen molar-refractivity contribution >= 4 is 17.7 Å². The Morgan fingerprint density at radius 3 is 2.71 bits per heavy atom. The number of halogens is 3. The van der Waals surface area contributed by atoms with E-state index in [1.807, 2.05) is 0 Å². The SMILES string of the molecule is Cc1cc(F)ccc1-n1nc(C(F)F)cc1SCC(=O)O. The quantitative estimate of drug-likeness (QED) is 0.859. The number of aliphatic carboxylic acids is 1. The van der Waals surface area contributed by atoms with Gasteiger partial charge in [0.1, 0.15) is 16.5 Å². The molecule has 0 atom stereocenters. The van der Waals surface area contributed by atoms with Crippen LogP contribution in [0.4, 0.5) is 13.2 Å². The van der Waals surface area contributed by atoms with E-state index in [1.165, 1.54) is 22.9 Å². The first-order valence-corrected chi connectivity index (χ1v) is 6.86. The van der Waals surface area contributed by atoms with Crippen LogP contribution in [0.5, 0.6) is 0 Å². The van der Waals surface area contributed by atoms with Gasteiger partial charge >= 0.3 is 5.97 Å². The van der Waals surface area contributed by atoms with Gasteiger partial charge in [0, 0.05) is 0 Å². The number of hydrogen-bond donors (Lipinski definition) is 1. The molecule has 1 N–H and O–H groups in total. The topological polar surface area (TPSA) is 55.1 Å². The number of carboxylic acids is 1. The molecular formula is C13H11F3N2O2S. The lowest BCUT2D eigenvalue weighted by Gasteiger charge is -2.09. The van der Waals surface area contributed by atoms with Crippen molar-refractivity contribution in [2.75, 3.05) is 5.75 Å². The molecule has 0 saturated heterocycles. The average Bonchev–Trinajstić information content (AvgIpc) is 2.80. The minimum absolute atomic E-state index is 0.266. The predicted octanol–water partition coefficient (Wildman–Crippen LogP) is 3.43. The Hall–Kier alpha value is -1.96. The van der Waals surface area contributed by atoms with Gasteiger partial charge in [-0.1, -0.05) is 11.8 Å². The molecule has 0 aliphatic heterocycles. The summed E-state index contributed by atoms with van der Waals surface area (Å²) in [5, 5.41) is 12.7. The first-order chi connectivity index (χ1) is 9.88. The van der Waals surface area contributed by atoms with E-state index >= 15 is 0 Å². The smallest absolute Gasteiger partial charge is 0.313 e. The molecule has 0 spiro atoms. The summed E-state index contributed by atoms with van der Waals surface area (Å²) in [7, 11) is 0. The van der Waals surface area contributed by atoms with Crippen LogP contribution in [0.2, 0.25) is 0 Å². The Morgan fingerprint density at radius 1 is 1.43 bits per heavy atom. The molecule has 0 aliphatic rings. The second-order valence-corrected chi connectivity index (χ2v) is 5.23. The number of carbonyl (C=O) groups is 1. The number of nitrogens with zero attached hydrogens (tertiary/aromatic N) is 2. The van der Waals surface area contributed by atoms with Crippen molar-refractivity contribution in [1.82, 2.24) is 9.78 Å². The summed E-state index contributed by atoms with van der Waals surface area (Å²) in [5.41, 5.74) is 0.485. The predicted molar refractivity (Wildman–Crippen MR) is 71.6 cm³/mol. The van der Waals surface area contributed by atoms with E-state index in [2.05, 4.69) is 5.10 Å². The molecular weight excluding hydrogens is 305 g/mol. The lowest BCUT2D eigenvalue weighted by molar-refractivity contribution is -0.133. The maximum absolute atomic E-state index is 13.1. The van der Waals surface area contributed by atoms with Gasteiger partial charge in [0.2, 0.25) is 0 Å². The van der Waals surface area contributed by atoms with Crippen molar-refractivity contribution in [2.45, 2.75) is 18.4 Å². The molecule has 1 aromatic carbocycles. The van der Waals surface area contributed by atoms with Crippen LogP contribution in [0.1, 0.15) is 17.7 Å². The highest BCUT2D eigenvalue weighted by molar-refractivity contribution is 7.99. The largest absolute Gasteiger partial charge is 0.481 e. The van der Waals surface area contributed by atoms with Crippen molar-refractivity contribution in [2.24, 2.45) is 0 Å². The molecule has 112 valence electrons. The summed E-state index contributed by atoms with van der Waals surface area (Å²) in [4.78, 5) is 10.6. The molecule has 0 fully saturated rings. The van der Waals surface area contributed by atoms with Gasteiger partial charge in [0.25, 0.3) is 6.43 Å². The zero-order chi connectivity index (χ0) is 15.6. The molecule has 0 amide bonds. The van der Waals surface area contributed by atoms with Crippen LogP contribution < -0.4 is 0 Å². The van der Waals surface area contributed by atoms with Gasteiger partial charge in [0.05, 0.1) is 11.4 Å². The van der Waals surface area contributed by atoms with Crippen LogP contribution in [-0.4, -0.2) is 26.6 Å². The third-order valence-corrected chi connectivity index (χ3v) is 3.63. The average molecular weight is 316 g/mol. The van der Waals surface area contributed by atoms with Gasteiger partial charge in [-0.3, -0.25) is 4.79 Å². The zero-order valence-electron chi connectivity index (χ0n) is 10.9. The number of aromatic nitrogens is 2. The number of hydrogen-bond acceptors (Lipinski definition) is 3. The molecule has 8 heteroatoms. The third kappa shape index (κ3) is 3.57. The van der Waals surface area contributed by atoms with Crippen LogP contribution in [0.25, 0.3) is 5.69 Å². The highest BCUT2D eigenvalue weighted by Gasteiger charge is 2.18. The molecule has 2 rings (SSSR count). The van der Waals surface area contributed by atoms with E-state index in [9.17, 15) is 18.0 Å². The summed E-state index contributed by atoms with van der Waals surface area (Å²) < 4.78 is 39.9. The molecule has 21 heavy (non-hydrogen) atoms. The van der Waals surface area contributed by atoms with Gasteiger partial charge < -0.3 is 5.11 Å². The fourth-order valence-corrected chi connectivity index (χ4v) is 2.49. The second-order valence-electron chi connectivity index (χ2n) is 4.23. The Labute approximate surface area is 122 Å². The van der Waals surface area contributed by atoms with E-state index in [0.29, 0.717) is 11.3 Å². The summed E-state index contributed by atoms with van der Waals surface area (Å²) in [6.45, 7) is 1.62. The lowest BCUT2D eigenvalue weighted by atomic mass is 10.2. The van der Waals surface area contributed by atoms with Crippen molar-refractivity contribution in [3.8, 4) is 5.69 Å². The summed E-state index contributed by atoms with van der Waals surface area (Å²) in [6.07, 6.45) is -2.77. The molecule has 4 nitrogen and oxygen atoms in total. The third-order valence-electron chi connectivity index (χ3n) is 2.65. The van der Waals surface area contributed by atoms with Gasteiger partial charge in [-0.05, 0) is 36.8 Å². The van der Waals surface area contributed by atoms with Gasteiger partial charge in [-0.2, -0.15) is 5.10 Å². The highest BCUT2D eigenvalue weighted by atomic mass is 32.2. The Morgan fingerprint density at radius 2 is 2.14 bits per heavy atom. The van der Waals surface area contributed by atoms with E-state index in [4.69, 9.17) is 5.11 Å². The normalized spacial score (nSPS) is 11.1. The second kappa shape index (κ2) is 6.21. The van der Waals surface area contributed by atoms with E-state index < -0.39 is 23.9 Å². The summed E-state index contributed by atoms with van der Waals surface area (Å²) >= 11 is 0.875.